The van der Waals surface area contributed by atoms with Gasteiger partial charge in [0.2, 0.25) is 5.91 Å². The van der Waals surface area contributed by atoms with E-state index in [0.717, 1.165) is 6.42 Å². The highest BCUT2D eigenvalue weighted by molar-refractivity contribution is 6.17. The number of unbranched alkanes of at least 4 members (excludes halogenated alkanes) is 1. The Hall–Kier alpha value is -1.62. The van der Waals surface area contributed by atoms with E-state index < -0.39 is 4.92 Å². The Balaban J connectivity index is 2.78. The summed E-state index contributed by atoms with van der Waals surface area (Å²) >= 11 is 5.55. The van der Waals surface area contributed by atoms with Crippen molar-refractivity contribution < 1.29 is 9.72 Å². The van der Waals surface area contributed by atoms with Crippen LogP contribution in [0.3, 0.4) is 0 Å². The molecule has 6 heteroatoms. The summed E-state index contributed by atoms with van der Waals surface area (Å²) in [5.74, 6) is 0.716. The second-order valence-corrected chi connectivity index (χ2v) is 5.77. The molecule has 0 bridgehead atoms. The van der Waals surface area contributed by atoms with Crippen LogP contribution in [0.2, 0.25) is 0 Å². The van der Waals surface area contributed by atoms with E-state index in [2.05, 4.69) is 5.32 Å². The molecule has 0 fully saturated rings. The number of amides is 1. The van der Waals surface area contributed by atoms with Gasteiger partial charge in [-0.3, -0.25) is 14.9 Å². The molecule has 0 atom stereocenters. The maximum atomic E-state index is 11.7. The molecule has 1 rings (SSSR count). The molecule has 1 amide bonds. The van der Waals surface area contributed by atoms with Crippen molar-refractivity contribution in [2.75, 3.05) is 11.2 Å². The van der Waals surface area contributed by atoms with Crippen LogP contribution in [0.15, 0.2) is 18.2 Å². The number of benzene rings is 1. The summed E-state index contributed by atoms with van der Waals surface area (Å²) in [4.78, 5) is 22.4. The van der Waals surface area contributed by atoms with Crippen molar-refractivity contribution in [3.05, 3.63) is 33.9 Å². The third kappa shape index (κ3) is 6.12. The smallest absolute Gasteiger partial charge is 0.274 e. The van der Waals surface area contributed by atoms with E-state index in [1.54, 1.807) is 12.1 Å². The lowest BCUT2D eigenvalue weighted by molar-refractivity contribution is -0.385. The highest BCUT2D eigenvalue weighted by atomic mass is 35.5. The minimum Gasteiger partial charge on any atom is -0.326 e. The highest BCUT2D eigenvalue weighted by Gasteiger charge is 2.16. The minimum atomic E-state index is -0.402. The summed E-state index contributed by atoms with van der Waals surface area (Å²) < 4.78 is 0. The molecule has 116 valence electrons. The largest absolute Gasteiger partial charge is 0.326 e. The van der Waals surface area contributed by atoms with Gasteiger partial charge in [-0.1, -0.05) is 19.9 Å². The van der Waals surface area contributed by atoms with E-state index in [1.165, 1.54) is 6.07 Å². The van der Waals surface area contributed by atoms with E-state index in [1.807, 2.05) is 13.8 Å². The predicted octanol–water partition coefficient (Wildman–Crippen LogP) is 4.14. The van der Waals surface area contributed by atoms with Gasteiger partial charge in [-0.05, 0) is 31.2 Å². The second-order valence-electron chi connectivity index (χ2n) is 5.39. The van der Waals surface area contributed by atoms with Crippen molar-refractivity contribution in [2.45, 2.75) is 39.5 Å². The summed E-state index contributed by atoms with van der Waals surface area (Å²) in [6, 6.07) is 4.85. The van der Waals surface area contributed by atoms with Crippen molar-refractivity contribution in [2.24, 2.45) is 5.92 Å². The zero-order chi connectivity index (χ0) is 15.8. The molecule has 0 saturated heterocycles. The summed E-state index contributed by atoms with van der Waals surface area (Å²) in [6.07, 6.45) is 2.50. The van der Waals surface area contributed by atoms with Crippen LogP contribution in [0.25, 0.3) is 0 Å². The summed E-state index contributed by atoms with van der Waals surface area (Å²) in [5.41, 5.74) is 1.21. The average Bonchev–Trinajstić information content (AvgIpc) is 2.40. The zero-order valence-electron chi connectivity index (χ0n) is 12.4. The molecule has 0 aliphatic rings. The fraction of sp³-hybridized carbons (Fsp3) is 0.533. The van der Waals surface area contributed by atoms with E-state index in [4.69, 9.17) is 11.6 Å². The van der Waals surface area contributed by atoms with Crippen molar-refractivity contribution in [3.63, 3.8) is 0 Å². The third-order valence-corrected chi connectivity index (χ3v) is 3.25. The maximum Gasteiger partial charge on any atom is 0.274 e. The highest BCUT2D eigenvalue weighted by Crippen LogP contribution is 2.25. The molecule has 0 radical (unpaired) electrons. The third-order valence-electron chi connectivity index (χ3n) is 2.98. The molecule has 0 spiro atoms. The Kier molecular flexibility index (Phi) is 7.15. The molecule has 0 unspecified atom stereocenters. The van der Waals surface area contributed by atoms with Gasteiger partial charge in [0, 0.05) is 29.6 Å². The summed E-state index contributed by atoms with van der Waals surface area (Å²) in [6.45, 7) is 4.02. The van der Waals surface area contributed by atoms with Crippen LogP contribution in [0.5, 0.6) is 0 Å². The fourth-order valence-electron chi connectivity index (χ4n) is 2.03. The molecule has 0 aromatic heterocycles. The number of nitrogens with zero attached hydrogens (tertiary/aromatic N) is 1. The van der Waals surface area contributed by atoms with Crippen LogP contribution in [-0.4, -0.2) is 16.7 Å². The maximum absolute atomic E-state index is 11.7. The number of anilines is 1. The van der Waals surface area contributed by atoms with Crippen LogP contribution in [0.4, 0.5) is 11.4 Å². The summed E-state index contributed by atoms with van der Waals surface area (Å²) in [5, 5.41) is 13.8. The number of alkyl halides is 1. The Morgan fingerprint density at radius 2 is 2.10 bits per heavy atom. The Bertz CT molecular complexity index is 504. The number of hydrogen-bond acceptors (Lipinski definition) is 3. The molecule has 1 aromatic rings. The molecular formula is C15H21ClN2O3. The minimum absolute atomic E-state index is 0.0576. The van der Waals surface area contributed by atoms with E-state index in [-0.39, 0.29) is 11.6 Å². The van der Waals surface area contributed by atoms with Gasteiger partial charge < -0.3 is 5.32 Å². The number of halogens is 1. The number of carbonyl (C=O) groups is 1. The number of hydrogen-bond donors (Lipinski definition) is 1. The Morgan fingerprint density at radius 1 is 1.38 bits per heavy atom. The topological polar surface area (TPSA) is 72.2 Å². The van der Waals surface area contributed by atoms with Gasteiger partial charge >= 0.3 is 0 Å². The first kappa shape index (κ1) is 17.4. The normalized spacial score (nSPS) is 10.7. The summed E-state index contributed by atoms with van der Waals surface area (Å²) in [7, 11) is 0. The molecule has 0 heterocycles. The van der Waals surface area contributed by atoms with Gasteiger partial charge in [-0.25, -0.2) is 0 Å². The van der Waals surface area contributed by atoms with Crippen molar-refractivity contribution in [1.29, 1.82) is 0 Å². The van der Waals surface area contributed by atoms with Gasteiger partial charge in [-0.15, -0.1) is 11.6 Å². The van der Waals surface area contributed by atoms with Crippen LogP contribution >= 0.6 is 11.6 Å². The molecule has 1 N–H and O–H groups in total. The fourth-order valence-corrected chi connectivity index (χ4v) is 2.22. The van der Waals surface area contributed by atoms with E-state index >= 15 is 0 Å². The van der Waals surface area contributed by atoms with E-state index in [0.29, 0.717) is 42.3 Å². The average molecular weight is 313 g/mol. The molecule has 1 aromatic carbocycles. The van der Waals surface area contributed by atoms with Crippen LogP contribution < -0.4 is 5.32 Å². The van der Waals surface area contributed by atoms with Crippen LogP contribution in [-0.2, 0) is 11.2 Å². The lowest BCUT2D eigenvalue weighted by atomic mass is 10.0. The first-order chi connectivity index (χ1) is 9.93. The standard InChI is InChI=1S/C15H21ClN2O3/c1-11(2)9-12-6-7-13(10-14(12)18(20)21)17-15(19)5-3-4-8-16/h6-7,10-11H,3-5,8-9H2,1-2H3,(H,17,19). The molecule has 0 saturated carbocycles. The van der Waals surface area contributed by atoms with Gasteiger partial charge in [0.15, 0.2) is 0 Å². The number of nitrogens with one attached hydrogen (secondary N) is 1. The predicted molar refractivity (Wildman–Crippen MR) is 84.8 cm³/mol. The zero-order valence-corrected chi connectivity index (χ0v) is 13.2. The van der Waals surface area contributed by atoms with Gasteiger partial charge in [-0.2, -0.15) is 0 Å². The monoisotopic (exact) mass is 312 g/mol. The second kappa shape index (κ2) is 8.62. The number of nitro groups is 1. The van der Waals surface area contributed by atoms with Gasteiger partial charge in [0.25, 0.3) is 5.69 Å². The Morgan fingerprint density at radius 3 is 2.67 bits per heavy atom. The van der Waals surface area contributed by atoms with Crippen LogP contribution in [0.1, 0.15) is 38.7 Å². The molecule has 5 nitrogen and oxygen atoms in total. The number of rotatable bonds is 8. The van der Waals surface area contributed by atoms with Crippen molar-refractivity contribution >= 4 is 28.9 Å². The molecule has 0 aliphatic heterocycles. The van der Waals surface area contributed by atoms with Crippen LogP contribution in [0, 0.1) is 16.0 Å². The molecule has 21 heavy (non-hydrogen) atoms. The van der Waals surface area contributed by atoms with Crippen molar-refractivity contribution in [1.82, 2.24) is 0 Å². The first-order valence-corrected chi connectivity index (χ1v) is 7.60. The lowest BCUT2D eigenvalue weighted by Crippen LogP contribution is -2.11. The van der Waals surface area contributed by atoms with Crippen molar-refractivity contribution in [3.8, 4) is 0 Å². The Labute approximate surface area is 129 Å². The number of nitro benzene ring substituents is 1. The van der Waals surface area contributed by atoms with E-state index in [9.17, 15) is 14.9 Å². The first-order valence-electron chi connectivity index (χ1n) is 7.07. The SMILES string of the molecule is CC(C)Cc1ccc(NC(=O)CCCCCl)cc1[N+](=O)[O-]. The number of carbonyl (C=O) groups excluding carboxylic acids is 1. The molecular weight excluding hydrogens is 292 g/mol. The lowest BCUT2D eigenvalue weighted by Gasteiger charge is -2.09. The molecule has 0 aliphatic carbocycles. The van der Waals surface area contributed by atoms with Gasteiger partial charge in [0.1, 0.15) is 0 Å². The van der Waals surface area contributed by atoms with Gasteiger partial charge in [0.05, 0.1) is 4.92 Å². The quantitative estimate of drug-likeness (QED) is 0.339.